The quantitative estimate of drug-likeness (QED) is 0.303. The van der Waals surface area contributed by atoms with Crippen molar-refractivity contribution in [2.45, 2.75) is 25.9 Å². The number of rotatable bonds is 8. The summed E-state index contributed by atoms with van der Waals surface area (Å²) in [6, 6.07) is 14.0. The van der Waals surface area contributed by atoms with Gasteiger partial charge in [-0.3, -0.25) is 9.78 Å². The van der Waals surface area contributed by atoms with E-state index in [1.807, 2.05) is 0 Å². The molecule has 2 aromatic carbocycles. The summed E-state index contributed by atoms with van der Waals surface area (Å²) in [7, 11) is 1.52. The van der Waals surface area contributed by atoms with Crippen LogP contribution < -0.4 is 20.7 Å². The molecular formula is C26H26ClFN4O3. The molecule has 0 saturated heterocycles. The number of aromatic nitrogens is 1. The van der Waals surface area contributed by atoms with Crippen LogP contribution in [0.4, 0.5) is 20.6 Å². The molecule has 0 aliphatic rings. The van der Waals surface area contributed by atoms with E-state index in [2.05, 4.69) is 27.5 Å². The van der Waals surface area contributed by atoms with Gasteiger partial charge in [0, 0.05) is 41.3 Å². The SMILES string of the molecule is C=C(C)C(F)(CC)c1cc(NC(=O)Nc2ccc(Oc3ccnc(C(=O)NC)c3)cc2)ccc1Cl. The number of urea groups is 1. The number of benzene rings is 2. The van der Waals surface area contributed by atoms with Gasteiger partial charge >= 0.3 is 6.03 Å². The van der Waals surface area contributed by atoms with Crippen molar-refractivity contribution in [3.05, 3.63) is 89.2 Å². The fraction of sp³-hybridized carbons (Fsp3) is 0.192. The van der Waals surface area contributed by atoms with E-state index in [1.165, 1.54) is 25.4 Å². The topological polar surface area (TPSA) is 92.3 Å². The van der Waals surface area contributed by atoms with Gasteiger partial charge in [-0.15, -0.1) is 0 Å². The molecule has 0 fully saturated rings. The Hall–Kier alpha value is -3.91. The maximum Gasteiger partial charge on any atom is 0.323 e. The van der Waals surface area contributed by atoms with Crippen molar-refractivity contribution in [2.75, 3.05) is 17.7 Å². The molecule has 1 aromatic heterocycles. The van der Waals surface area contributed by atoms with Crippen LogP contribution in [0.5, 0.6) is 11.5 Å². The molecule has 3 aromatic rings. The lowest BCUT2D eigenvalue weighted by atomic mass is 9.87. The number of nitrogens with one attached hydrogen (secondary N) is 3. The Morgan fingerprint density at radius 1 is 1.06 bits per heavy atom. The molecule has 182 valence electrons. The molecule has 35 heavy (non-hydrogen) atoms. The second-order valence-electron chi connectivity index (χ2n) is 7.79. The first-order valence-corrected chi connectivity index (χ1v) is 11.2. The maximum absolute atomic E-state index is 15.4. The number of hydrogen-bond donors (Lipinski definition) is 3. The van der Waals surface area contributed by atoms with Gasteiger partial charge in [0.25, 0.3) is 5.91 Å². The second kappa shape index (κ2) is 11.0. The van der Waals surface area contributed by atoms with Crippen molar-refractivity contribution in [3.63, 3.8) is 0 Å². The molecule has 0 spiro atoms. The Labute approximate surface area is 208 Å². The Kier molecular flexibility index (Phi) is 8.09. The zero-order chi connectivity index (χ0) is 25.6. The number of nitrogens with zero attached hydrogens (tertiary/aromatic N) is 1. The van der Waals surface area contributed by atoms with Crippen molar-refractivity contribution in [3.8, 4) is 11.5 Å². The highest BCUT2D eigenvalue weighted by atomic mass is 35.5. The highest BCUT2D eigenvalue weighted by Gasteiger charge is 2.33. The van der Waals surface area contributed by atoms with Gasteiger partial charge in [0.15, 0.2) is 5.67 Å². The van der Waals surface area contributed by atoms with Crippen molar-refractivity contribution < 1.29 is 18.7 Å². The van der Waals surface area contributed by atoms with Gasteiger partial charge in [0.1, 0.15) is 17.2 Å². The maximum atomic E-state index is 15.4. The number of hydrogen-bond acceptors (Lipinski definition) is 4. The van der Waals surface area contributed by atoms with Crippen molar-refractivity contribution in [1.29, 1.82) is 0 Å². The molecule has 0 aliphatic heterocycles. The third kappa shape index (κ3) is 6.16. The smallest absolute Gasteiger partial charge is 0.323 e. The summed E-state index contributed by atoms with van der Waals surface area (Å²) in [4.78, 5) is 28.2. The molecule has 3 N–H and O–H groups in total. The van der Waals surface area contributed by atoms with Gasteiger partial charge in [-0.25, -0.2) is 9.18 Å². The number of halogens is 2. The highest BCUT2D eigenvalue weighted by Crippen LogP contribution is 2.41. The number of allylic oxidation sites excluding steroid dienone is 1. The lowest BCUT2D eigenvalue weighted by Gasteiger charge is -2.26. The molecule has 7 nitrogen and oxygen atoms in total. The van der Waals surface area contributed by atoms with Crippen molar-refractivity contribution >= 4 is 34.9 Å². The monoisotopic (exact) mass is 496 g/mol. The van der Waals surface area contributed by atoms with E-state index in [0.29, 0.717) is 28.4 Å². The first-order chi connectivity index (χ1) is 16.7. The van der Waals surface area contributed by atoms with Crippen LogP contribution in [0.3, 0.4) is 0 Å². The van der Waals surface area contributed by atoms with Crippen LogP contribution in [0.15, 0.2) is 72.9 Å². The number of ether oxygens (including phenoxy) is 1. The number of alkyl halides is 1. The van der Waals surface area contributed by atoms with E-state index in [1.54, 1.807) is 56.3 Å². The zero-order valence-corrected chi connectivity index (χ0v) is 20.4. The largest absolute Gasteiger partial charge is 0.457 e. The molecular weight excluding hydrogens is 471 g/mol. The summed E-state index contributed by atoms with van der Waals surface area (Å²) in [6.07, 6.45) is 1.64. The predicted molar refractivity (Wildman–Crippen MR) is 136 cm³/mol. The Morgan fingerprint density at radius 3 is 2.34 bits per heavy atom. The number of carbonyl (C=O) groups is 2. The molecule has 0 saturated carbocycles. The Bertz CT molecular complexity index is 1250. The minimum Gasteiger partial charge on any atom is -0.457 e. The van der Waals surface area contributed by atoms with Crippen LogP contribution in [-0.4, -0.2) is 24.0 Å². The molecule has 1 unspecified atom stereocenters. The molecule has 9 heteroatoms. The summed E-state index contributed by atoms with van der Waals surface area (Å²) in [5.41, 5.74) is -0.0655. The average Bonchev–Trinajstić information content (AvgIpc) is 2.85. The normalized spacial score (nSPS) is 12.3. The Morgan fingerprint density at radius 2 is 1.71 bits per heavy atom. The molecule has 0 radical (unpaired) electrons. The van der Waals surface area contributed by atoms with Gasteiger partial charge in [-0.2, -0.15) is 0 Å². The van der Waals surface area contributed by atoms with E-state index in [0.717, 1.165) is 0 Å². The zero-order valence-electron chi connectivity index (χ0n) is 19.6. The van der Waals surface area contributed by atoms with Crippen LogP contribution in [0.1, 0.15) is 36.3 Å². The number of anilines is 2. The second-order valence-corrected chi connectivity index (χ2v) is 8.20. The number of pyridine rings is 1. The third-order valence-corrected chi connectivity index (χ3v) is 5.68. The van der Waals surface area contributed by atoms with E-state index in [9.17, 15) is 9.59 Å². The van der Waals surface area contributed by atoms with Gasteiger partial charge < -0.3 is 20.7 Å². The molecule has 1 heterocycles. The van der Waals surface area contributed by atoms with Gasteiger partial charge in [-0.05, 0) is 67.4 Å². The molecule has 3 rings (SSSR count). The van der Waals surface area contributed by atoms with Gasteiger partial charge in [0.05, 0.1) is 0 Å². The van der Waals surface area contributed by atoms with Crippen LogP contribution in [0.25, 0.3) is 0 Å². The van der Waals surface area contributed by atoms with Crippen LogP contribution in [0.2, 0.25) is 5.02 Å². The van der Waals surface area contributed by atoms with Crippen molar-refractivity contribution in [1.82, 2.24) is 10.3 Å². The minimum absolute atomic E-state index is 0.165. The molecule has 1 atom stereocenters. The molecule has 0 bridgehead atoms. The molecule has 3 amide bonds. The van der Waals surface area contributed by atoms with Crippen LogP contribution >= 0.6 is 11.6 Å². The van der Waals surface area contributed by atoms with Gasteiger partial charge in [-0.1, -0.05) is 25.1 Å². The first-order valence-electron chi connectivity index (χ1n) is 10.8. The highest BCUT2D eigenvalue weighted by molar-refractivity contribution is 6.31. The Balaban J connectivity index is 1.66. The van der Waals surface area contributed by atoms with E-state index in [4.69, 9.17) is 16.3 Å². The van der Waals surface area contributed by atoms with Crippen LogP contribution in [-0.2, 0) is 5.67 Å². The van der Waals surface area contributed by atoms with Crippen LogP contribution in [0, 0.1) is 0 Å². The average molecular weight is 497 g/mol. The summed E-state index contributed by atoms with van der Waals surface area (Å²) in [6.45, 7) is 7.06. The summed E-state index contributed by atoms with van der Waals surface area (Å²) >= 11 is 6.23. The van der Waals surface area contributed by atoms with E-state index < -0.39 is 11.7 Å². The lowest BCUT2D eigenvalue weighted by Crippen LogP contribution is -2.22. The summed E-state index contributed by atoms with van der Waals surface area (Å²) in [5.74, 6) is 0.632. The van der Waals surface area contributed by atoms with E-state index in [-0.39, 0.29) is 28.6 Å². The van der Waals surface area contributed by atoms with E-state index >= 15 is 4.39 Å². The predicted octanol–water partition coefficient (Wildman–Crippen LogP) is 6.68. The fourth-order valence-electron chi connectivity index (χ4n) is 3.39. The third-order valence-electron chi connectivity index (χ3n) is 5.35. The first kappa shape index (κ1) is 25.7. The van der Waals surface area contributed by atoms with Gasteiger partial charge in [0.2, 0.25) is 0 Å². The molecule has 0 aliphatic carbocycles. The summed E-state index contributed by atoms with van der Waals surface area (Å²) < 4.78 is 21.2. The number of carbonyl (C=O) groups excluding carboxylic acids is 2. The fourth-order valence-corrected chi connectivity index (χ4v) is 3.66. The number of amides is 3. The summed E-state index contributed by atoms with van der Waals surface area (Å²) in [5, 5.41) is 8.16. The standard InChI is InChI=1S/C26H26ClFN4O3/c1-5-26(28,16(2)3)21-14-18(8-11-22(21)27)32-25(34)31-17-6-9-19(10-7-17)35-20-12-13-30-23(15-20)24(33)29-4/h6-15H,2,5H2,1,3-4H3,(H,29,33)(H2,31,32,34). The lowest BCUT2D eigenvalue weighted by molar-refractivity contribution is 0.0957. The minimum atomic E-state index is -1.79. The van der Waals surface area contributed by atoms with Crippen molar-refractivity contribution in [2.24, 2.45) is 0 Å².